The second-order valence-corrected chi connectivity index (χ2v) is 3.38. The van der Waals surface area contributed by atoms with Gasteiger partial charge in [-0.2, -0.15) is 0 Å². The Morgan fingerprint density at radius 3 is 2.11 bits per heavy atom. The smallest absolute Gasteiger partial charge is 0.166 e. The van der Waals surface area contributed by atoms with Gasteiger partial charge in [0.05, 0.1) is 0 Å². The van der Waals surface area contributed by atoms with E-state index in [1.54, 1.807) is 0 Å². The van der Waals surface area contributed by atoms with Crippen molar-refractivity contribution in [2.24, 2.45) is 5.41 Å². The number of rotatable bonds is 1. The molecule has 0 fully saturated rings. The third kappa shape index (κ3) is 3.71. The minimum atomic E-state index is -0.0653. The van der Waals surface area contributed by atoms with Crippen LogP contribution in [0.4, 0.5) is 0 Å². The molecule has 0 amide bonds. The zero-order valence-electron chi connectivity index (χ0n) is 5.90. The summed E-state index contributed by atoms with van der Waals surface area (Å²) in [5.74, 6) is 0. The van der Waals surface area contributed by atoms with E-state index in [0.717, 1.165) is 0 Å². The van der Waals surface area contributed by atoms with Crippen LogP contribution in [0.3, 0.4) is 0 Å². The third-order valence-corrected chi connectivity index (χ3v) is 1.64. The summed E-state index contributed by atoms with van der Waals surface area (Å²) in [5, 5.41) is 0.567. The summed E-state index contributed by atoms with van der Waals surface area (Å²) >= 11 is 10.2. The van der Waals surface area contributed by atoms with Crippen molar-refractivity contribution < 1.29 is 4.74 Å². The van der Waals surface area contributed by atoms with Crippen LogP contribution in [-0.2, 0) is 4.74 Å². The van der Waals surface area contributed by atoms with E-state index < -0.39 is 0 Å². The summed E-state index contributed by atoms with van der Waals surface area (Å²) in [5.41, 5.74) is -0.0653. The molecule has 0 aliphatic carbocycles. The lowest BCUT2D eigenvalue weighted by Gasteiger charge is -2.18. The average Bonchev–Trinajstić information content (AvgIpc) is 1.64. The predicted molar refractivity (Wildman–Crippen MR) is 43.9 cm³/mol. The monoisotopic (exact) mass is 166 g/mol. The molecule has 0 atom stereocenters. The van der Waals surface area contributed by atoms with Crippen molar-refractivity contribution in [3.05, 3.63) is 0 Å². The summed E-state index contributed by atoms with van der Waals surface area (Å²) in [6, 6.07) is 0.149. The van der Waals surface area contributed by atoms with E-state index in [0.29, 0.717) is 5.05 Å². The Labute approximate surface area is 66.3 Å². The molecule has 0 radical (unpaired) electrons. The number of alkyl halides is 1. The largest absolute Gasteiger partial charge is 0.471 e. The van der Waals surface area contributed by atoms with E-state index in [1.807, 2.05) is 20.8 Å². The van der Waals surface area contributed by atoms with Crippen molar-refractivity contribution in [1.29, 1.82) is 0 Å². The number of halogens is 1. The molecule has 0 aromatic heterocycles. The van der Waals surface area contributed by atoms with Crippen molar-refractivity contribution in [3.63, 3.8) is 0 Å². The molecule has 0 bridgehead atoms. The van der Waals surface area contributed by atoms with Gasteiger partial charge in [0, 0.05) is 5.41 Å². The molecule has 54 valence electrons. The van der Waals surface area contributed by atoms with Crippen LogP contribution in [0.25, 0.3) is 0 Å². The van der Waals surface area contributed by atoms with Crippen LogP contribution < -0.4 is 0 Å². The molecule has 9 heavy (non-hydrogen) atoms. The molecule has 0 aliphatic heterocycles. The van der Waals surface area contributed by atoms with Gasteiger partial charge in [-0.25, -0.2) is 0 Å². The van der Waals surface area contributed by atoms with E-state index in [4.69, 9.17) is 28.6 Å². The highest BCUT2D eigenvalue weighted by Gasteiger charge is 2.17. The molecule has 0 saturated heterocycles. The van der Waals surface area contributed by atoms with Gasteiger partial charge in [-0.05, 0) is 12.2 Å². The molecule has 0 unspecified atom stereocenters. The predicted octanol–water partition coefficient (Wildman–Crippen LogP) is 2.57. The van der Waals surface area contributed by atoms with Crippen LogP contribution in [0, 0.1) is 5.41 Å². The molecule has 0 aromatic carbocycles. The molecule has 0 heterocycles. The van der Waals surface area contributed by atoms with Gasteiger partial charge in [-0.1, -0.05) is 32.4 Å². The van der Waals surface area contributed by atoms with Gasteiger partial charge in [0.25, 0.3) is 0 Å². The van der Waals surface area contributed by atoms with Crippen LogP contribution in [0.2, 0.25) is 0 Å². The number of ether oxygens (including phenoxy) is 1. The molecule has 0 spiro atoms. The molecule has 3 heteroatoms. The van der Waals surface area contributed by atoms with Crippen molar-refractivity contribution in [1.82, 2.24) is 0 Å². The fraction of sp³-hybridized carbons (Fsp3) is 0.833. The Bertz CT molecular complexity index is 106. The molecular weight excluding hydrogens is 156 g/mol. The quantitative estimate of drug-likeness (QED) is 0.438. The standard InChI is InChI=1S/C6H11ClOS/c1-6(2,3)5(9)8-4-7/h4H2,1-3H3. The van der Waals surface area contributed by atoms with Gasteiger partial charge in [0.2, 0.25) is 0 Å². The number of thiocarbonyl (C=S) groups is 1. The van der Waals surface area contributed by atoms with Gasteiger partial charge in [-0.15, -0.1) is 0 Å². The second kappa shape index (κ2) is 3.37. The number of hydrogen-bond acceptors (Lipinski definition) is 2. The second-order valence-electron chi connectivity index (χ2n) is 2.79. The zero-order chi connectivity index (χ0) is 7.49. The van der Waals surface area contributed by atoms with Gasteiger partial charge < -0.3 is 4.74 Å². The SMILES string of the molecule is CC(C)(C)C(=S)OCCl. The summed E-state index contributed by atoms with van der Waals surface area (Å²) < 4.78 is 4.90. The molecule has 1 nitrogen and oxygen atoms in total. The van der Waals surface area contributed by atoms with Gasteiger partial charge in [-0.3, -0.25) is 0 Å². The maximum Gasteiger partial charge on any atom is 0.166 e. The van der Waals surface area contributed by atoms with E-state index in [-0.39, 0.29) is 11.5 Å². The van der Waals surface area contributed by atoms with E-state index in [1.165, 1.54) is 0 Å². The first-order chi connectivity index (χ1) is 3.98. The Morgan fingerprint density at radius 1 is 1.56 bits per heavy atom. The Kier molecular flexibility index (Phi) is 3.44. The van der Waals surface area contributed by atoms with E-state index in [9.17, 15) is 0 Å². The average molecular weight is 167 g/mol. The van der Waals surface area contributed by atoms with Gasteiger partial charge in [0.1, 0.15) is 0 Å². The first-order valence-electron chi connectivity index (χ1n) is 2.71. The maximum absolute atomic E-state index is 5.29. The van der Waals surface area contributed by atoms with Crippen molar-refractivity contribution in [3.8, 4) is 0 Å². The zero-order valence-corrected chi connectivity index (χ0v) is 7.47. The summed E-state index contributed by atoms with van der Waals surface area (Å²) in [6.45, 7) is 5.96. The first kappa shape index (κ1) is 9.18. The Balaban J connectivity index is 3.74. The van der Waals surface area contributed by atoms with Crippen molar-refractivity contribution in [2.75, 3.05) is 6.07 Å². The number of hydrogen-bond donors (Lipinski definition) is 0. The fourth-order valence-corrected chi connectivity index (χ4v) is 0.499. The molecule has 0 aromatic rings. The van der Waals surface area contributed by atoms with Gasteiger partial charge >= 0.3 is 0 Å². The molecule has 0 saturated carbocycles. The summed E-state index contributed by atoms with van der Waals surface area (Å²) in [4.78, 5) is 0. The van der Waals surface area contributed by atoms with Crippen LogP contribution in [0.1, 0.15) is 20.8 Å². The summed E-state index contributed by atoms with van der Waals surface area (Å²) in [7, 11) is 0. The van der Waals surface area contributed by atoms with Crippen LogP contribution in [-0.4, -0.2) is 11.1 Å². The van der Waals surface area contributed by atoms with Crippen molar-refractivity contribution >= 4 is 28.9 Å². The lowest BCUT2D eigenvalue weighted by atomic mass is 9.98. The molecule has 0 aliphatic rings. The summed E-state index contributed by atoms with van der Waals surface area (Å²) in [6.07, 6.45) is 0. The lowest BCUT2D eigenvalue weighted by Crippen LogP contribution is -2.20. The third-order valence-electron chi connectivity index (χ3n) is 0.798. The molecule has 0 rings (SSSR count). The normalized spacial score (nSPS) is 11.1. The first-order valence-corrected chi connectivity index (χ1v) is 3.66. The highest BCUT2D eigenvalue weighted by molar-refractivity contribution is 7.80. The molecular formula is C6H11ClOS. The minimum Gasteiger partial charge on any atom is -0.471 e. The highest BCUT2D eigenvalue weighted by Crippen LogP contribution is 2.16. The van der Waals surface area contributed by atoms with Gasteiger partial charge in [0.15, 0.2) is 11.1 Å². The van der Waals surface area contributed by atoms with E-state index in [2.05, 4.69) is 0 Å². The van der Waals surface area contributed by atoms with E-state index >= 15 is 0 Å². The lowest BCUT2D eigenvalue weighted by molar-refractivity contribution is 0.330. The Hall–Kier alpha value is 0.180. The van der Waals surface area contributed by atoms with Crippen LogP contribution in [0.15, 0.2) is 0 Å². The van der Waals surface area contributed by atoms with Crippen LogP contribution >= 0.6 is 23.8 Å². The van der Waals surface area contributed by atoms with Crippen molar-refractivity contribution in [2.45, 2.75) is 20.8 Å². The highest BCUT2D eigenvalue weighted by atomic mass is 35.5. The fourth-order valence-electron chi connectivity index (χ4n) is 0.266. The maximum atomic E-state index is 5.29. The Morgan fingerprint density at radius 2 is 2.00 bits per heavy atom. The molecule has 0 N–H and O–H groups in total. The van der Waals surface area contributed by atoms with Crippen LogP contribution in [0.5, 0.6) is 0 Å². The topological polar surface area (TPSA) is 9.23 Å². The minimum absolute atomic E-state index is 0.0653.